The van der Waals surface area contributed by atoms with Crippen molar-refractivity contribution >= 4 is 5.95 Å². The van der Waals surface area contributed by atoms with E-state index in [9.17, 15) is 0 Å². The second-order valence-corrected chi connectivity index (χ2v) is 4.97. The number of likely N-dealkylation sites (tertiary alicyclic amines) is 1. The van der Waals surface area contributed by atoms with Gasteiger partial charge in [0.1, 0.15) is 0 Å². The minimum Gasteiger partial charge on any atom is -0.353 e. The van der Waals surface area contributed by atoms with E-state index in [-0.39, 0.29) is 0 Å². The van der Waals surface area contributed by atoms with Crippen molar-refractivity contribution in [2.75, 3.05) is 31.5 Å². The summed E-state index contributed by atoms with van der Waals surface area (Å²) in [6, 6.07) is 1.91. The van der Waals surface area contributed by atoms with Crippen LogP contribution in [0.4, 0.5) is 5.95 Å². The molecular weight excluding hydrogens is 212 g/mol. The second kappa shape index (κ2) is 5.96. The van der Waals surface area contributed by atoms with E-state index in [2.05, 4.69) is 27.1 Å². The number of aromatic nitrogens is 2. The molecule has 2 rings (SSSR count). The summed E-state index contributed by atoms with van der Waals surface area (Å²) in [5.74, 6) is 1.65. The third-order valence-corrected chi connectivity index (χ3v) is 3.38. The van der Waals surface area contributed by atoms with Crippen molar-refractivity contribution in [2.24, 2.45) is 5.92 Å². The van der Waals surface area contributed by atoms with Gasteiger partial charge in [0.15, 0.2) is 0 Å². The first-order valence-corrected chi connectivity index (χ1v) is 6.50. The van der Waals surface area contributed by atoms with Gasteiger partial charge in [-0.05, 0) is 44.8 Å². The number of aryl methyl sites for hydroxylation is 1. The van der Waals surface area contributed by atoms with Crippen LogP contribution in [0.15, 0.2) is 12.3 Å². The molecular formula is C13H22N4. The molecule has 17 heavy (non-hydrogen) atoms. The highest BCUT2D eigenvalue weighted by atomic mass is 15.2. The van der Waals surface area contributed by atoms with Crippen molar-refractivity contribution in [1.29, 1.82) is 0 Å². The summed E-state index contributed by atoms with van der Waals surface area (Å²) in [5.41, 5.74) is 1.01. The van der Waals surface area contributed by atoms with Crippen molar-refractivity contribution in [3.8, 4) is 0 Å². The fraction of sp³-hybridized carbons (Fsp3) is 0.692. The van der Waals surface area contributed by atoms with Gasteiger partial charge < -0.3 is 10.2 Å². The molecule has 1 fully saturated rings. The molecule has 1 N–H and O–H groups in total. The van der Waals surface area contributed by atoms with E-state index in [1.54, 1.807) is 6.20 Å². The molecule has 0 radical (unpaired) electrons. The Morgan fingerprint density at radius 1 is 1.41 bits per heavy atom. The van der Waals surface area contributed by atoms with E-state index in [4.69, 9.17) is 0 Å². The van der Waals surface area contributed by atoms with Gasteiger partial charge in [0.2, 0.25) is 5.95 Å². The Bertz CT molecular complexity index is 345. The smallest absolute Gasteiger partial charge is 0.222 e. The molecule has 1 aliphatic rings. The third kappa shape index (κ3) is 3.97. The zero-order valence-electron chi connectivity index (χ0n) is 10.8. The lowest BCUT2D eigenvalue weighted by Crippen LogP contribution is -2.36. The first-order chi connectivity index (χ1) is 8.24. The van der Waals surface area contributed by atoms with Gasteiger partial charge in [0.05, 0.1) is 0 Å². The molecule has 0 amide bonds. The average molecular weight is 234 g/mol. The monoisotopic (exact) mass is 234 g/mol. The minimum absolute atomic E-state index is 0.746. The van der Waals surface area contributed by atoms with Crippen LogP contribution in [-0.2, 0) is 0 Å². The third-order valence-electron chi connectivity index (χ3n) is 3.38. The van der Waals surface area contributed by atoms with Crippen molar-refractivity contribution < 1.29 is 0 Å². The molecule has 1 aromatic rings. The van der Waals surface area contributed by atoms with Gasteiger partial charge in [0, 0.05) is 25.0 Å². The van der Waals surface area contributed by atoms with Crippen LogP contribution in [0.2, 0.25) is 0 Å². The Morgan fingerprint density at radius 2 is 2.18 bits per heavy atom. The van der Waals surface area contributed by atoms with Crippen LogP contribution in [0.25, 0.3) is 0 Å². The van der Waals surface area contributed by atoms with Gasteiger partial charge >= 0.3 is 0 Å². The Kier molecular flexibility index (Phi) is 4.31. The van der Waals surface area contributed by atoms with Crippen molar-refractivity contribution in [3.05, 3.63) is 18.0 Å². The van der Waals surface area contributed by atoms with Crippen LogP contribution in [0.5, 0.6) is 0 Å². The minimum atomic E-state index is 0.746. The van der Waals surface area contributed by atoms with Crippen LogP contribution < -0.4 is 5.32 Å². The Hall–Kier alpha value is -1.16. The van der Waals surface area contributed by atoms with Crippen LogP contribution >= 0.6 is 0 Å². The number of hydrogen-bond acceptors (Lipinski definition) is 4. The van der Waals surface area contributed by atoms with Gasteiger partial charge in [-0.15, -0.1) is 0 Å². The molecule has 2 heterocycles. The SMILES string of the molecule is Cc1ccnc(NCCN2CCC(C)CC2)n1. The molecule has 0 unspecified atom stereocenters. The Labute approximate surface area is 103 Å². The molecule has 0 bridgehead atoms. The molecule has 0 aliphatic carbocycles. The first kappa shape index (κ1) is 12.3. The van der Waals surface area contributed by atoms with Gasteiger partial charge in [-0.3, -0.25) is 0 Å². The van der Waals surface area contributed by atoms with E-state index < -0.39 is 0 Å². The van der Waals surface area contributed by atoms with Gasteiger partial charge in [-0.25, -0.2) is 9.97 Å². The quantitative estimate of drug-likeness (QED) is 0.864. The number of nitrogens with one attached hydrogen (secondary N) is 1. The zero-order valence-corrected chi connectivity index (χ0v) is 10.8. The van der Waals surface area contributed by atoms with Crippen LogP contribution in [0.1, 0.15) is 25.5 Å². The van der Waals surface area contributed by atoms with Gasteiger partial charge in [0.25, 0.3) is 0 Å². The molecule has 94 valence electrons. The normalized spacial score (nSPS) is 18.2. The molecule has 0 aromatic carbocycles. The predicted octanol–water partition coefficient (Wildman–Crippen LogP) is 1.93. The number of rotatable bonds is 4. The molecule has 0 spiro atoms. The van der Waals surface area contributed by atoms with E-state index >= 15 is 0 Å². The maximum atomic E-state index is 4.33. The lowest BCUT2D eigenvalue weighted by Gasteiger charge is -2.30. The molecule has 1 saturated heterocycles. The van der Waals surface area contributed by atoms with Crippen LogP contribution in [0, 0.1) is 12.8 Å². The molecule has 0 atom stereocenters. The summed E-state index contributed by atoms with van der Waals surface area (Å²) >= 11 is 0. The zero-order chi connectivity index (χ0) is 12.1. The Balaban J connectivity index is 1.69. The predicted molar refractivity (Wildman–Crippen MR) is 70.1 cm³/mol. The van der Waals surface area contributed by atoms with Gasteiger partial charge in [-0.2, -0.15) is 0 Å². The molecule has 1 aliphatic heterocycles. The topological polar surface area (TPSA) is 41.1 Å². The molecule has 4 heteroatoms. The lowest BCUT2D eigenvalue weighted by molar-refractivity contribution is 0.199. The maximum absolute atomic E-state index is 4.33. The number of hydrogen-bond donors (Lipinski definition) is 1. The maximum Gasteiger partial charge on any atom is 0.222 e. The van der Waals surface area contributed by atoms with Crippen molar-refractivity contribution in [2.45, 2.75) is 26.7 Å². The molecule has 0 saturated carbocycles. The fourth-order valence-electron chi connectivity index (χ4n) is 2.15. The summed E-state index contributed by atoms with van der Waals surface area (Å²) in [4.78, 5) is 11.0. The summed E-state index contributed by atoms with van der Waals surface area (Å²) in [6.45, 7) is 8.81. The second-order valence-electron chi connectivity index (χ2n) is 4.97. The molecule has 1 aromatic heterocycles. The largest absolute Gasteiger partial charge is 0.353 e. The number of anilines is 1. The van der Waals surface area contributed by atoms with Crippen molar-refractivity contribution in [3.63, 3.8) is 0 Å². The van der Waals surface area contributed by atoms with E-state index in [0.717, 1.165) is 30.6 Å². The summed E-state index contributed by atoms with van der Waals surface area (Å²) < 4.78 is 0. The first-order valence-electron chi connectivity index (χ1n) is 6.50. The van der Waals surface area contributed by atoms with Gasteiger partial charge in [-0.1, -0.05) is 6.92 Å². The van der Waals surface area contributed by atoms with Crippen molar-refractivity contribution in [1.82, 2.24) is 14.9 Å². The summed E-state index contributed by atoms with van der Waals surface area (Å²) in [5, 5.41) is 3.28. The highest BCUT2D eigenvalue weighted by Crippen LogP contribution is 2.15. The molecule has 4 nitrogen and oxygen atoms in total. The van der Waals surface area contributed by atoms with Crippen LogP contribution in [0.3, 0.4) is 0 Å². The highest BCUT2D eigenvalue weighted by Gasteiger charge is 2.14. The number of nitrogens with zero attached hydrogens (tertiary/aromatic N) is 3. The van der Waals surface area contributed by atoms with E-state index in [1.807, 2.05) is 13.0 Å². The van der Waals surface area contributed by atoms with Crippen LogP contribution in [-0.4, -0.2) is 41.0 Å². The average Bonchev–Trinajstić information content (AvgIpc) is 2.32. The van der Waals surface area contributed by atoms with E-state index in [1.165, 1.54) is 25.9 Å². The standard InChI is InChI=1S/C13H22N4/c1-11-4-8-17(9-5-11)10-7-15-13-14-6-3-12(2)16-13/h3,6,11H,4-5,7-10H2,1-2H3,(H,14,15,16). The summed E-state index contributed by atoms with van der Waals surface area (Å²) in [7, 11) is 0. The highest BCUT2D eigenvalue weighted by molar-refractivity contribution is 5.24. The fourth-order valence-corrected chi connectivity index (χ4v) is 2.15. The Morgan fingerprint density at radius 3 is 2.88 bits per heavy atom. The number of piperidine rings is 1. The summed E-state index contributed by atoms with van der Waals surface area (Å²) in [6.07, 6.45) is 4.47. The van der Waals surface area contributed by atoms with E-state index in [0.29, 0.717) is 0 Å². The lowest BCUT2D eigenvalue weighted by atomic mass is 9.99.